The quantitative estimate of drug-likeness (QED) is 0.462. The van der Waals surface area contributed by atoms with Gasteiger partial charge in [0.25, 0.3) is 0 Å². The number of anilines is 1. The van der Waals surface area contributed by atoms with Crippen LogP contribution in [0.4, 0.5) is 14.6 Å². The molecule has 10 nitrogen and oxygen atoms in total. The van der Waals surface area contributed by atoms with Crippen LogP contribution in [0.5, 0.6) is 0 Å². The number of rotatable bonds is 7. The summed E-state index contributed by atoms with van der Waals surface area (Å²) in [7, 11) is 0. The van der Waals surface area contributed by atoms with E-state index in [1.165, 1.54) is 0 Å². The van der Waals surface area contributed by atoms with Gasteiger partial charge in [-0.15, -0.1) is 0 Å². The molecule has 1 fully saturated rings. The van der Waals surface area contributed by atoms with Crippen molar-refractivity contribution in [1.29, 1.82) is 0 Å². The van der Waals surface area contributed by atoms with Gasteiger partial charge in [-0.25, -0.2) is 4.79 Å². The molecular weight excluding hydrogens is 358 g/mol. The Balaban J connectivity index is 2.15. The molecule has 2 amide bonds. The smallest absolute Gasteiger partial charge is 0.351 e. The number of halogens is 2. The fourth-order valence-electron chi connectivity index (χ4n) is 2.43. The Morgan fingerprint density at radius 1 is 1.42 bits per heavy atom. The zero-order valence-electron chi connectivity index (χ0n) is 13.5. The van der Waals surface area contributed by atoms with Crippen LogP contribution in [0, 0.1) is 0 Å². The number of hydrogen-bond acceptors (Lipinski definition) is 7. The van der Waals surface area contributed by atoms with E-state index < -0.39 is 48.5 Å². The molecule has 144 valence electrons. The van der Waals surface area contributed by atoms with Gasteiger partial charge in [0.05, 0.1) is 6.10 Å². The SMILES string of the molecule is NC(=O)CCC(=O)Nc1ccn(C2OC(CCO)C(O)C2(F)F)c(=O)n1. The van der Waals surface area contributed by atoms with E-state index in [-0.39, 0.29) is 25.1 Å². The van der Waals surface area contributed by atoms with Crippen LogP contribution < -0.4 is 16.7 Å². The number of ether oxygens (including phenoxy) is 1. The van der Waals surface area contributed by atoms with E-state index in [2.05, 4.69) is 10.3 Å². The summed E-state index contributed by atoms with van der Waals surface area (Å²) in [5.74, 6) is -5.29. The first-order valence-corrected chi connectivity index (χ1v) is 7.66. The Morgan fingerprint density at radius 3 is 2.69 bits per heavy atom. The normalized spacial score (nSPS) is 24.4. The number of nitrogens with one attached hydrogen (secondary N) is 1. The van der Waals surface area contributed by atoms with Crippen molar-refractivity contribution >= 4 is 17.6 Å². The average molecular weight is 376 g/mol. The van der Waals surface area contributed by atoms with E-state index in [4.69, 9.17) is 15.6 Å². The number of carbonyl (C=O) groups excluding carboxylic acids is 2. The van der Waals surface area contributed by atoms with Gasteiger partial charge in [0.1, 0.15) is 11.9 Å². The number of primary amides is 1. The van der Waals surface area contributed by atoms with Crippen molar-refractivity contribution < 1.29 is 33.3 Å². The first-order valence-electron chi connectivity index (χ1n) is 7.66. The number of alkyl halides is 2. The summed E-state index contributed by atoms with van der Waals surface area (Å²) < 4.78 is 33.8. The third-order valence-corrected chi connectivity index (χ3v) is 3.74. The van der Waals surface area contributed by atoms with Crippen molar-refractivity contribution in [2.24, 2.45) is 5.73 Å². The number of carbonyl (C=O) groups is 2. The van der Waals surface area contributed by atoms with Crippen LogP contribution in [-0.2, 0) is 14.3 Å². The van der Waals surface area contributed by atoms with Crippen LogP contribution in [0.25, 0.3) is 0 Å². The molecule has 1 aliphatic rings. The Morgan fingerprint density at radius 2 is 2.12 bits per heavy atom. The van der Waals surface area contributed by atoms with Gasteiger partial charge < -0.3 is 26.0 Å². The van der Waals surface area contributed by atoms with Crippen LogP contribution in [0.15, 0.2) is 17.1 Å². The fourth-order valence-corrected chi connectivity index (χ4v) is 2.43. The highest BCUT2D eigenvalue weighted by atomic mass is 19.3. The third-order valence-electron chi connectivity index (χ3n) is 3.74. The zero-order chi connectivity index (χ0) is 19.5. The maximum atomic E-state index is 14.2. The lowest BCUT2D eigenvalue weighted by molar-refractivity contribution is -0.140. The summed E-state index contributed by atoms with van der Waals surface area (Å²) in [6, 6.07) is 1.09. The first-order chi connectivity index (χ1) is 12.2. The topological polar surface area (TPSA) is 157 Å². The molecule has 26 heavy (non-hydrogen) atoms. The van der Waals surface area contributed by atoms with Crippen molar-refractivity contribution in [2.75, 3.05) is 11.9 Å². The molecule has 2 rings (SSSR count). The first kappa shape index (κ1) is 19.9. The van der Waals surface area contributed by atoms with Gasteiger partial charge in [-0.05, 0) is 12.5 Å². The maximum Gasteiger partial charge on any atom is 0.351 e. The average Bonchev–Trinajstić information content (AvgIpc) is 2.77. The largest absolute Gasteiger partial charge is 0.396 e. The summed E-state index contributed by atoms with van der Waals surface area (Å²) in [4.78, 5) is 37.7. The second kappa shape index (κ2) is 7.85. The van der Waals surface area contributed by atoms with Gasteiger partial charge in [-0.3, -0.25) is 14.2 Å². The van der Waals surface area contributed by atoms with Gasteiger partial charge in [0, 0.05) is 25.6 Å². The van der Waals surface area contributed by atoms with Crippen molar-refractivity contribution in [3.8, 4) is 0 Å². The van der Waals surface area contributed by atoms with E-state index in [0.29, 0.717) is 4.57 Å². The minimum Gasteiger partial charge on any atom is -0.396 e. The summed E-state index contributed by atoms with van der Waals surface area (Å²) >= 11 is 0. The van der Waals surface area contributed by atoms with Crippen molar-refractivity contribution in [1.82, 2.24) is 9.55 Å². The molecule has 5 N–H and O–H groups in total. The van der Waals surface area contributed by atoms with Gasteiger partial charge in [-0.2, -0.15) is 13.8 Å². The highest BCUT2D eigenvalue weighted by Crippen LogP contribution is 2.42. The molecule has 0 spiro atoms. The number of aliphatic hydroxyl groups is 2. The molecular formula is C14H18F2N4O6. The monoisotopic (exact) mass is 376 g/mol. The molecule has 3 unspecified atom stereocenters. The highest BCUT2D eigenvalue weighted by molar-refractivity contribution is 5.92. The lowest BCUT2D eigenvalue weighted by Crippen LogP contribution is -2.41. The highest BCUT2D eigenvalue weighted by Gasteiger charge is 2.59. The van der Waals surface area contributed by atoms with E-state index >= 15 is 0 Å². The van der Waals surface area contributed by atoms with E-state index in [9.17, 15) is 28.3 Å². The minimum absolute atomic E-state index is 0.199. The number of aromatic nitrogens is 2. The Bertz CT molecular complexity index is 740. The molecule has 12 heteroatoms. The fraction of sp³-hybridized carbons (Fsp3) is 0.571. The molecule has 2 heterocycles. The second-order valence-electron chi connectivity index (χ2n) is 5.68. The van der Waals surface area contributed by atoms with Gasteiger partial charge in [0.15, 0.2) is 0 Å². The van der Waals surface area contributed by atoms with E-state index in [0.717, 1.165) is 12.3 Å². The molecule has 0 aliphatic carbocycles. The number of nitrogens with two attached hydrogens (primary N) is 1. The maximum absolute atomic E-state index is 14.2. The minimum atomic E-state index is -3.78. The summed E-state index contributed by atoms with van der Waals surface area (Å²) in [6.07, 6.45) is -5.36. The van der Waals surface area contributed by atoms with Gasteiger partial charge in [0.2, 0.25) is 18.0 Å². The van der Waals surface area contributed by atoms with Crippen molar-refractivity contribution in [3.63, 3.8) is 0 Å². The molecule has 0 saturated carbocycles. The molecule has 0 bridgehead atoms. The van der Waals surface area contributed by atoms with E-state index in [1.807, 2.05) is 0 Å². The zero-order valence-corrected chi connectivity index (χ0v) is 13.5. The predicted molar refractivity (Wildman–Crippen MR) is 82.1 cm³/mol. The van der Waals surface area contributed by atoms with Crippen LogP contribution in [-0.4, -0.2) is 56.3 Å². The number of nitrogens with zero attached hydrogens (tertiary/aromatic N) is 2. The Kier molecular flexibility index (Phi) is 6.00. The van der Waals surface area contributed by atoms with Crippen LogP contribution in [0.2, 0.25) is 0 Å². The number of aliphatic hydroxyl groups excluding tert-OH is 2. The van der Waals surface area contributed by atoms with Crippen LogP contribution >= 0.6 is 0 Å². The van der Waals surface area contributed by atoms with Crippen molar-refractivity contribution in [3.05, 3.63) is 22.7 Å². The van der Waals surface area contributed by atoms with Crippen molar-refractivity contribution in [2.45, 2.75) is 43.6 Å². The Hall–Kier alpha value is -2.44. The number of hydrogen-bond donors (Lipinski definition) is 4. The van der Waals surface area contributed by atoms with Gasteiger partial charge >= 0.3 is 11.6 Å². The molecule has 1 saturated heterocycles. The molecule has 3 atom stereocenters. The molecule has 1 aromatic rings. The lowest BCUT2D eigenvalue weighted by Gasteiger charge is -2.21. The predicted octanol–water partition coefficient (Wildman–Crippen LogP) is -1.28. The van der Waals surface area contributed by atoms with E-state index in [1.54, 1.807) is 0 Å². The third kappa shape index (κ3) is 4.20. The standard InChI is InChI=1S/C14H18F2N4O6/c15-14(16)11(24)7(4-6-21)26-12(14)20-5-3-9(19-13(20)25)18-10(23)2-1-8(17)22/h3,5,7,11-12,21,24H,1-2,4,6H2,(H2,17,22)(H,18,19,23,25). The number of amides is 2. The van der Waals surface area contributed by atoms with Crippen LogP contribution in [0.1, 0.15) is 25.5 Å². The summed E-state index contributed by atoms with van der Waals surface area (Å²) in [5.41, 5.74) is 3.77. The summed E-state index contributed by atoms with van der Waals surface area (Å²) in [5, 5.41) is 20.7. The lowest BCUT2D eigenvalue weighted by atomic mass is 10.1. The molecule has 1 aromatic heterocycles. The molecule has 0 aromatic carbocycles. The van der Waals surface area contributed by atoms with Crippen LogP contribution in [0.3, 0.4) is 0 Å². The molecule has 0 radical (unpaired) electrons. The molecule has 1 aliphatic heterocycles. The second-order valence-corrected chi connectivity index (χ2v) is 5.68. The summed E-state index contributed by atoms with van der Waals surface area (Å²) in [6.45, 7) is -0.478. The van der Waals surface area contributed by atoms with Gasteiger partial charge in [-0.1, -0.05) is 0 Å². The Labute approximate surface area is 145 Å².